The number of rotatable bonds is 4. The molecule has 1 N–H and O–H groups in total. The number of para-hydroxylation sites is 1. The van der Waals surface area contributed by atoms with Gasteiger partial charge < -0.3 is 14.6 Å². The molecule has 0 saturated carbocycles. The molecule has 5 heteroatoms. The van der Waals surface area contributed by atoms with Crippen molar-refractivity contribution in [1.29, 1.82) is 0 Å². The van der Waals surface area contributed by atoms with Crippen molar-refractivity contribution in [2.75, 3.05) is 14.2 Å². The highest BCUT2D eigenvalue weighted by atomic mass is 32.1. The third-order valence-corrected chi connectivity index (χ3v) is 3.72. The van der Waals surface area contributed by atoms with E-state index in [0.717, 1.165) is 15.4 Å². The number of aryl methyl sites for hydroxylation is 1. The lowest BCUT2D eigenvalue weighted by Gasteiger charge is -2.10. The van der Waals surface area contributed by atoms with Gasteiger partial charge in [0.2, 0.25) is 0 Å². The number of hydrogen-bond acceptors (Lipinski definition) is 5. The van der Waals surface area contributed by atoms with Gasteiger partial charge in [0, 0.05) is 4.88 Å². The van der Waals surface area contributed by atoms with Gasteiger partial charge in [0.05, 0.1) is 32.1 Å². The maximum absolute atomic E-state index is 9.19. The maximum atomic E-state index is 9.19. The van der Waals surface area contributed by atoms with Gasteiger partial charge in [-0.1, -0.05) is 6.07 Å². The molecule has 4 nitrogen and oxygen atoms in total. The fraction of sp³-hybridized carbons (Fsp3) is 0.308. The average molecular weight is 265 g/mol. The summed E-state index contributed by atoms with van der Waals surface area (Å²) in [5.41, 5.74) is 1.59. The molecule has 0 bridgehead atoms. The molecule has 96 valence electrons. The summed E-state index contributed by atoms with van der Waals surface area (Å²) in [6, 6.07) is 5.67. The van der Waals surface area contributed by atoms with E-state index in [1.807, 2.05) is 25.1 Å². The number of hydrogen-bond donors (Lipinski definition) is 1. The Morgan fingerprint density at radius 2 is 2.06 bits per heavy atom. The van der Waals surface area contributed by atoms with Crippen LogP contribution in [0.25, 0.3) is 10.6 Å². The zero-order chi connectivity index (χ0) is 13.1. The van der Waals surface area contributed by atoms with E-state index in [-0.39, 0.29) is 6.61 Å². The van der Waals surface area contributed by atoms with Crippen LogP contribution in [-0.4, -0.2) is 24.3 Å². The molecule has 2 rings (SSSR count). The minimum atomic E-state index is -0.0470. The number of aliphatic hydroxyl groups excluding tert-OH is 1. The Kier molecular flexibility index (Phi) is 3.84. The molecule has 0 unspecified atom stereocenters. The SMILES string of the molecule is COc1cccc(-c2nc(CO)c(C)s2)c1OC. The fourth-order valence-electron chi connectivity index (χ4n) is 1.75. The topological polar surface area (TPSA) is 51.6 Å². The van der Waals surface area contributed by atoms with Crippen LogP contribution in [0.5, 0.6) is 11.5 Å². The number of thiazole rings is 1. The summed E-state index contributed by atoms with van der Waals surface area (Å²) < 4.78 is 10.6. The van der Waals surface area contributed by atoms with Crippen LogP contribution in [0, 0.1) is 6.92 Å². The maximum Gasteiger partial charge on any atom is 0.170 e. The first-order chi connectivity index (χ1) is 8.71. The van der Waals surface area contributed by atoms with Gasteiger partial charge in [-0.3, -0.25) is 0 Å². The van der Waals surface area contributed by atoms with Gasteiger partial charge in [-0.05, 0) is 19.1 Å². The molecule has 18 heavy (non-hydrogen) atoms. The first kappa shape index (κ1) is 12.9. The van der Waals surface area contributed by atoms with Crippen molar-refractivity contribution in [3.05, 3.63) is 28.8 Å². The molecule has 0 atom stereocenters. The number of aromatic nitrogens is 1. The van der Waals surface area contributed by atoms with E-state index in [0.29, 0.717) is 17.2 Å². The third kappa shape index (κ3) is 2.19. The van der Waals surface area contributed by atoms with Crippen molar-refractivity contribution in [3.63, 3.8) is 0 Å². The van der Waals surface area contributed by atoms with Crippen molar-refractivity contribution in [1.82, 2.24) is 4.98 Å². The van der Waals surface area contributed by atoms with Crippen LogP contribution >= 0.6 is 11.3 Å². The lowest BCUT2D eigenvalue weighted by molar-refractivity contribution is 0.277. The Bertz CT molecular complexity index is 551. The van der Waals surface area contributed by atoms with Crippen LogP contribution in [-0.2, 0) is 6.61 Å². The molecule has 0 amide bonds. The molecule has 0 spiro atoms. The standard InChI is InChI=1S/C13H15NO3S/c1-8-10(7-15)14-13(18-8)9-5-4-6-11(16-2)12(9)17-3/h4-6,15H,7H2,1-3H3. The second kappa shape index (κ2) is 5.37. The van der Waals surface area contributed by atoms with Crippen molar-refractivity contribution in [2.45, 2.75) is 13.5 Å². The van der Waals surface area contributed by atoms with E-state index in [9.17, 15) is 5.11 Å². The van der Waals surface area contributed by atoms with E-state index in [4.69, 9.17) is 9.47 Å². The molecule has 2 aromatic rings. The molecular weight excluding hydrogens is 250 g/mol. The molecular formula is C13H15NO3S. The smallest absolute Gasteiger partial charge is 0.170 e. The van der Waals surface area contributed by atoms with Crippen LogP contribution in [0.4, 0.5) is 0 Å². The van der Waals surface area contributed by atoms with Crippen LogP contribution in [0.15, 0.2) is 18.2 Å². The second-order valence-electron chi connectivity index (χ2n) is 3.72. The van der Waals surface area contributed by atoms with Crippen molar-refractivity contribution in [2.24, 2.45) is 0 Å². The van der Waals surface area contributed by atoms with Crippen LogP contribution in [0.1, 0.15) is 10.6 Å². The minimum Gasteiger partial charge on any atom is -0.493 e. The van der Waals surface area contributed by atoms with E-state index in [2.05, 4.69) is 4.98 Å². The van der Waals surface area contributed by atoms with Gasteiger partial charge >= 0.3 is 0 Å². The quantitative estimate of drug-likeness (QED) is 0.923. The predicted octanol–water partition coefficient (Wildman–Crippen LogP) is 2.63. The highest BCUT2D eigenvalue weighted by molar-refractivity contribution is 7.15. The highest BCUT2D eigenvalue weighted by Crippen LogP contribution is 2.39. The van der Waals surface area contributed by atoms with Gasteiger partial charge in [-0.25, -0.2) is 4.98 Å². The molecule has 0 saturated heterocycles. The molecule has 0 fully saturated rings. The summed E-state index contributed by atoms with van der Waals surface area (Å²) in [7, 11) is 3.21. The van der Waals surface area contributed by atoms with E-state index in [1.54, 1.807) is 14.2 Å². The van der Waals surface area contributed by atoms with Crippen molar-refractivity contribution in [3.8, 4) is 22.1 Å². The monoisotopic (exact) mass is 265 g/mol. The zero-order valence-corrected chi connectivity index (χ0v) is 11.4. The van der Waals surface area contributed by atoms with Crippen LogP contribution in [0.3, 0.4) is 0 Å². The predicted molar refractivity (Wildman–Crippen MR) is 71.3 cm³/mol. The number of nitrogens with zero attached hydrogens (tertiary/aromatic N) is 1. The molecule has 1 heterocycles. The second-order valence-corrected chi connectivity index (χ2v) is 4.92. The number of benzene rings is 1. The summed E-state index contributed by atoms with van der Waals surface area (Å²) in [5.74, 6) is 1.34. The first-order valence-electron chi connectivity index (χ1n) is 5.49. The summed E-state index contributed by atoms with van der Waals surface area (Å²) >= 11 is 1.53. The molecule has 0 aliphatic rings. The Morgan fingerprint density at radius 1 is 1.28 bits per heavy atom. The van der Waals surface area contributed by atoms with Gasteiger partial charge in [-0.2, -0.15) is 0 Å². The lowest BCUT2D eigenvalue weighted by Crippen LogP contribution is -1.93. The molecule has 1 aromatic carbocycles. The Hall–Kier alpha value is -1.59. The van der Waals surface area contributed by atoms with E-state index >= 15 is 0 Å². The van der Waals surface area contributed by atoms with Gasteiger partial charge in [0.1, 0.15) is 5.01 Å². The average Bonchev–Trinajstić information content (AvgIpc) is 2.78. The fourth-order valence-corrected chi connectivity index (χ4v) is 2.69. The first-order valence-corrected chi connectivity index (χ1v) is 6.31. The van der Waals surface area contributed by atoms with Crippen LogP contribution in [0.2, 0.25) is 0 Å². The molecule has 0 radical (unpaired) electrons. The molecule has 0 aliphatic heterocycles. The Morgan fingerprint density at radius 3 is 2.61 bits per heavy atom. The van der Waals surface area contributed by atoms with Gasteiger partial charge in [-0.15, -0.1) is 11.3 Å². The van der Waals surface area contributed by atoms with Crippen molar-refractivity contribution < 1.29 is 14.6 Å². The van der Waals surface area contributed by atoms with Crippen molar-refractivity contribution >= 4 is 11.3 Å². The van der Waals surface area contributed by atoms with Crippen LogP contribution < -0.4 is 9.47 Å². The summed E-state index contributed by atoms with van der Waals surface area (Å²) in [6.45, 7) is 1.90. The van der Waals surface area contributed by atoms with E-state index < -0.39 is 0 Å². The minimum absolute atomic E-state index is 0.0470. The zero-order valence-electron chi connectivity index (χ0n) is 10.6. The largest absolute Gasteiger partial charge is 0.493 e. The molecule has 0 aliphatic carbocycles. The number of ether oxygens (including phenoxy) is 2. The lowest BCUT2D eigenvalue weighted by atomic mass is 10.2. The van der Waals surface area contributed by atoms with E-state index in [1.165, 1.54) is 11.3 Å². The van der Waals surface area contributed by atoms with Gasteiger partial charge in [0.15, 0.2) is 11.5 Å². The van der Waals surface area contributed by atoms with Gasteiger partial charge in [0.25, 0.3) is 0 Å². The Labute approximate surface area is 110 Å². The third-order valence-electron chi connectivity index (χ3n) is 2.68. The normalized spacial score (nSPS) is 10.4. The summed E-state index contributed by atoms with van der Waals surface area (Å²) in [5, 5.41) is 10.0. The number of aliphatic hydroxyl groups is 1. The summed E-state index contributed by atoms with van der Waals surface area (Å²) in [6.07, 6.45) is 0. The highest BCUT2D eigenvalue weighted by Gasteiger charge is 2.15. The Balaban J connectivity index is 2.55. The number of methoxy groups -OCH3 is 2. The molecule has 1 aromatic heterocycles. The summed E-state index contributed by atoms with van der Waals surface area (Å²) in [4.78, 5) is 5.43.